The number of nitrogens with one attached hydrogen (secondary N) is 1. The van der Waals surface area contributed by atoms with E-state index in [1.165, 1.54) is 0 Å². The van der Waals surface area contributed by atoms with E-state index in [2.05, 4.69) is 5.32 Å². The Morgan fingerprint density at radius 3 is 2.59 bits per heavy atom. The number of hydrogen-bond donors (Lipinski definition) is 1. The SMILES string of the molecule is CC(CC1C(=O)NC(=O)N1C1CC1)C(=O)N1Cc2cc(Cl)c(Cl)cc2C1C. The van der Waals surface area contributed by atoms with Gasteiger partial charge in [0.2, 0.25) is 5.91 Å². The van der Waals surface area contributed by atoms with Crippen LogP contribution >= 0.6 is 23.2 Å². The fraction of sp³-hybridized carbons (Fsp3) is 0.526. The molecule has 1 saturated heterocycles. The Bertz CT molecular complexity index is 840. The summed E-state index contributed by atoms with van der Waals surface area (Å²) >= 11 is 12.2. The van der Waals surface area contributed by atoms with E-state index >= 15 is 0 Å². The molecule has 1 aromatic rings. The molecular weight excluding hydrogens is 389 g/mol. The van der Waals surface area contributed by atoms with Crippen LogP contribution in [-0.2, 0) is 16.1 Å². The van der Waals surface area contributed by atoms with Gasteiger partial charge in [0, 0.05) is 18.5 Å². The van der Waals surface area contributed by atoms with Crippen LogP contribution in [0, 0.1) is 5.92 Å². The van der Waals surface area contributed by atoms with Gasteiger partial charge in [-0.15, -0.1) is 0 Å². The molecule has 144 valence electrons. The average Bonchev–Trinajstić information content (AvgIpc) is 3.34. The van der Waals surface area contributed by atoms with Crippen LogP contribution in [0.2, 0.25) is 10.0 Å². The van der Waals surface area contributed by atoms with Crippen molar-refractivity contribution in [3.05, 3.63) is 33.3 Å². The second-order valence-corrected chi connectivity index (χ2v) is 8.51. The zero-order valence-electron chi connectivity index (χ0n) is 15.2. The molecule has 0 spiro atoms. The quantitative estimate of drug-likeness (QED) is 0.773. The number of carbonyl (C=O) groups excluding carboxylic acids is 3. The number of carbonyl (C=O) groups is 3. The lowest BCUT2D eigenvalue weighted by Crippen LogP contribution is -2.41. The van der Waals surface area contributed by atoms with Crippen molar-refractivity contribution < 1.29 is 14.4 Å². The number of amides is 4. The number of urea groups is 1. The topological polar surface area (TPSA) is 69.7 Å². The Kier molecular flexibility index (Phi) is 4.59. The summed E-state index contributed by atoms with van der Waals surface area (Å²) in [5, 5.41) is 3.34. The Morgan fingerprint density at radius 2 is 1.93 bits per heavy atom. The monoisotopic (exact) mass is 409 g/mol. The highest BCUT2D eigenvalue weighted by molar-refractivity contribution is 6.42. The zero-order valence-corrected chi connectivity index (χ0v) is 16.7. The van der Waals surface area contributed by atoms with Gasteiger partial charge in [-0.05, 0) is 49.4 Å². The van der Waals surface area contributed by atoms with Gasteiger partial charge < -0.3 is 9.80 Å². The van der Waals surface area contributed by atoms with Gasteiger partial charge in [-0.3, -0.25) is 14.9 Å². The molecule has 0 bridgehead atoms. The summed E-state index contributed by atoms with van der Waals surface area (Å²) in [5.74, 6) is -0.715. The molecule has 6 nitrogen and oxygen atoms in total. The zero-order chi connectivity index (χ0) is 19.5. The first-order chi connectivity index (χ1) is 12.8. The van der Waals surface area contributed by atoms with Gasteiger partial charge in [-0.1, -0.05) is 30.1 Å². The molecule has 8 heteroatoms. The minimum Gasteiger partial charge on any atom is -0.331 e. The fourth-order valence-corrected chi connectivity index (χ4v) is 4.48. The van der Waals surface area contributed by atoms with E-state index in [1.807, 2.05) is 26.0 Å². The van der Waals surface area contributed by atoms with Crippen LogP contribution in [0.3, 0.4) is 0 Å². The van der Waals surface area contributed by atoms with Crippen LogP contribution in [0.5, 0.6) is 0 Å². The summed E-state index contributed by atoms with van der Waals surface area (Å²) in [6.07, 6.45) is 2.16. The van der Waals surface area contributed by atoms with Crippen LogP contribution in [0.15, 0.2) is 12.1 Å². The number of halogens is 2. The summed E-state index contributed by atoms with van der Waals surface area (Å²) in [6.45, 7) is 4.25. The second-order valence-electron chi connectivity index (χ2n) is 7.69. The van der Waals surface area contributed by atoms with Gasteiger partial charge >= 0.3 is 6.03 Å². The minimum atomic E-state index is -0.562. The Morgan fingerprint density at radius 1 is 1.26 bits per heavy atom. The van der Waals surface area contributed by atoms with Gasteiger partial charge in [-0.2, -0.15) is 0 Å². The molecule has 3 aliphatic rings. The third-order valence-corrected chi connectivity index (χ3v) is 6.49. The second kappa shape index (κ2) is 6.67. The highest BCUT2D eigenvalue weighted by Gasteiger charge is 2.47. The predicted molar refractivity (Wildman–Crippen MR) is 101 cm³/mol. The molecule has 0 radical (unpaired) electrons. The maximum atomic E-state index is 13.1. The van der Waals surface area contributed by atoms with Crippen LogP contribution in [-0.4, -0.2) is 39.7 Å². The van der Waals surface area contributed by atoms with E-state index in [-0.39, 0.29) is 35.8 Å². The molecule has 1 saturated carbocycles. The number of hydrogen-bond acceptors (Lipinski definition) is 3. The summed E-state index contributed by atoms with van der Waals surface area (Å²) in [7, 11) is 0. The Labute approximate surface area is 167 Å². The predicted octanol–water partition coefficient (Wildman–Crippen LogP) is 3.51. The molecule has 4 amide bonds. The number of nitrogens with zero attached hydrogens (tertiary/aromatic N) is 2. The van der Waals surface area contributed by atoms with Crippen molar-refractivity contribution in [2.75, 3.05) is 0 Å². The largest absolute Gasteiger partial charge is 0.331 e. The van der Waals surface area contributed by atoms with Crippen molar-refractivity contribution in [2.24, 2.45) is 5.92 Å². The summed E-state index contributed by atoms with van der Waals surface area (Å²) < 4.78 is 0. The van der Waals surface area contributed by atoms with Gasteiger partial charge in [-0.25, -0.2) is 4.79 Å². The molecule has 2 heterocycles. The molecule has 27 heavy (non-hydrogen) atoms. The number of fused-ring (bicyclic) bond motifs is 1. The lowest BCUT2D eigenvalue weighted by molar-refractivity contribution is -0.138. The van der Waals surface area contributed by atoms with Crippen LogP contribution in [0.4, 0.5) is 4.79 Å². The standard InChI is InChI=1S/C19H21Cl2N3O3/c1-9(5-16-17(25)22-19(27)24(16)12-3-4-12)18(26)23-8-11-6-14(20)15(21)7-13(11)10(23)2/h6-7,9-10,12,16H,3-5,8H2,1-2H3,(H,22,25,27). The maximum Gasteiger partial charge on any atom is 0.325 e. The molecule has 4 rings (SSSR count). The highest BCUT2D eigenvalue weighted by atomic mass is 35.5. The van der Waals surface area contributed by atoms with Gasteiger partial charge in [0.15, 0.2) is 0 Å². The van der Waals surface area contributed by atoms with E-state index in [0.717, 1.165) is 24.0 Å². The Hall–Kier alpha value is -1.79. The molecule has 2 aliphatic heterocycles. The smallest absolute Gasteiger partial charge is 0.325 e. The van der Waals surface area contributed by atoms with Crippen molar-refractivity contribution in [3.63, 3.8) is 0 Å². The summed E-state index contributed by atoms with van der Waals surface area (Å²) in [5.41, 5.74) is 1.99. The van der Waals surface area contributed by atoms with E-state index in [9.17, 15) is 14.4 Å². The number of rotatable bonds is 4. The van der Waals surface area contributed by atoms with Crippen LogP contribution < -0.4 is 5.32 Å². The van der Waals surface area contributed by atoms with Gasteiger partial charge in [0.05, 0.1) is 16.1 Å². The first-order valence-electron chi connectivity index (χ1n) is 9.19. The average molecular weight is 410 g/mol. The van der Waals surface area contributed by atoms with Gasteiger partial charge in [0.25, 0.3) is 5.91 Å². The summed E-state index contributed by atoms with van der Waals surface area (Å²) in [4.78, 5) is 40.7. The molecule has 2 fully saturated rings. The number of benzene rings is 1. The van der Waals surface area contributed by atoms with E-state index < -0.39 is 6.04 Å². The molecule has 1 N–H and O–H groups in total. The first kappa shape index (κ1) is 18.6. The Balaban J connectivity index is 1.48. The third kappa shape index (κ3) is 3.19. The minimum absolute atomic E-state index is 0.0335. The normalized spacial score (nSPS) is 25.6. The highest BCUT2D eigenvalue weighted by Crippen LogP contribution is 2.39. The first-order valence-corrected chi connectivity index (χ1v) is 9.95. The van der Waals surface area contributed by atoms with Crippen molar-refractivity contribution in [1.82, 2.24) is 15.1 Å². The molecule has 0 aromatic heterocycles. The molecule has 1 aromatic carbocycles. The molecular formula is C19H21Cl2N3O3. The van der Waals surface area contributed by atoms with Crippen molar-refractivity contribution in [2.45, 2.75) is 57.8 Å². The lowest BCUT2D eigenvalue weighted by atomic mass is 9.98. The van der Waals surface area contributed by atoms with E-state index in [0.29, 0.717) is 23.0 Å². The number of imide groups is 1. The lowest BCUT2D eigenvalue weighted by Gasteiger charge is -2.28. The maximum absolute atomic E-state index is 13.1. The molecule has 3 atom stereocenters. The van der Waals surface area contributed by atoms with Gasteiger partial charge in [0.1, 0.15) is 6.04 Å². The van der Waals surface area contributed by atoms with Crippen molar-refractivity contribution >= 4 is 41.0 Å². The fourth-order valence-electron chi connectivity index (χ4n) is 4.12. The van der Waals surface area contributed by atoms with Crippen molar-refractivity contribution in [3.8, 4) is 0 Å². The van der Waals surface area contributed by atoms with Crippen LogP contribution in [0.1, 0.15) is 50.3 Å². The summed E-state index contributed by atoms with van der Waals surface area (Å²) in [6, 6.07) is 2.75. The van der Waals surface area contributed by atoms with Crippen molar-refractivity contribution in [1.29, 1.82) is 0 Å². The molecule has 1 aliphatic carbocycles. The molecule has 3 unspecified atom stereocenters. The van der Waals surface area contributed by atoms with Crippen LogP contribution in [0.25, 0.3) is 0 Å². The van der Waals surface area contributed by atoms with E-state index in [4.69, 9.17) is 23.2 Å². The third-order valence-electron chi connectivity index (χ3n) is 5.77. The van der Waals surface area contributed by atoms with E-state index in [1.54, 1.807) is 9.80 Å².